The Balaban J connectivity index is 2.24. The van der Waals surface area contributed by atoms with Gasteiger partial charge in [-0.2, -0.15) is 0 Å². The van der Waals surface area contributed by atoms with Gasteiger partial charge in [0.05, 0.1) is 6.10 Å². The Labute approximate surface area is 112 Å². The molecule has 0 aliphatic heterocycles. The third-order valence-corrected chi connectivity index (χ3v) is 4.37. The predicted molar refractivity (Wildman–Crippen MR) is 76.1 cm³/mol. The van der Waals surface area contributed by atoms with E-state index in [0.29, 0.717) is 0 Å². The van der Waals surface area contributed by atoms with Gasteiger partial charge in [0.2, 0.25) is 0 Å². The average Bonchev–Trinajstić information content (AvgIpc) is 2.37. The number of aryl methyl sites for hydroxylation is 1. The van der Waals surface area contributed by atoms with Crippen LogP contribution in [-0.2, 0) is 6.42 Å². The van der Waals surface area contributed by atoms with E-state index < -0.39 is 0 Å². The third kappa shape index (κ3) is 2.80. The van der Waals surface area contributed by atoms with E-state index in [1.54, 1.807) is 0 Å². The van der Waals surface area contributed by atoms with Crippen molar-refractivity contribution in [3.05, 3.63) is 41.0 Å². The SMILES string of the molecule is CCCCC(O)C1=C(Br)c2ccccc2CC1. The van der Waals surface area contributed by atoms with Crippen LogP contribution in [0.5, 0.6) is 0 Å². The quantitative estimate of drug-likeness (QED) is 0.878. The zero-order valence-corrected chi connectivity index (χ0v) is 11.8. The summed E-state index contributed by atoms with van der Waals surface area (Å²) >= 11 is 3.67. The van der Waals surface area contributed by atoms with Gasteiger partial charge in [-0.1, -0.05) is 60.0 Å². The van der Waals surface area contributed by atoms with Gasteiger partial charge >= 0.3 is 0 Å². The van der Waals surface area contributed by atoms with Gasteiger partial charge in [-0.15, -0.1) is 0 Å². The number of benzene rings is 1. The lowest BCUT2D eigenvalue weighted by atomic mass is 9.88. The number of rotatable bonds is 4. The molecule has 1 aliphatic rings. The fraction of sp³-hybridized carbons (Fsp3) is 0.467. The van der Waals surface area contributed by atoms with E-state index in [9.17, 15) is 5.11 Å². The molecule has 0 amide bonds. The van der Waals surface area contributed by atoms with Crippen LogP contribution < -0.4 is 0 Å². The summed E-state index contributed by atoms with van der Waals surface area (Å²) in [5.74, 6) is 0. The molecule has 92 valence electrons. The van der Waals surface area contributed by atoms with Gasteiger partial charge < -0.3 is 5.11 Å². The highest BCUT2D eigenvalue weighted by atomic mass is 79.9. The molecule has 1 N–H and O–H groups in total. The molecule has 1 aromatic rings. The minimum atomic E-state index is -0.280. The van der Waals surface area contributed by atoms with Crippen molar-refractivity contribution in [2.45, 2.75) is 45.1 Å². The van der Waals surface area contributed by atoms with Crippen LogP contribution in [0.1, 0.15) is 43.7 Å². The first-order valence-corrected chi connectivity index (χ1v) is 7.18. The minimum absolute atomic E-state index is 0.280. The van der Waals surface area contributed by atoms with E-state index in [1.165, 1.54) is 16.7 Å². The van der Waals surface area contributed by atoms with Gasteiger partial charge in [0.1, 0.15) is 0 Å². The maximum absolute atomic E-state index is 10.2. The van der Waals surface area contributed by atoms with Crippen LogP contribution in [0.2, 0.25) is 0 Å². The molecule has 2 heteroatoms. The molecule has 0 heterocycles. The second kappa shape index (κ2) is 5.83. The highest BCUT2D eigenvalue weighted by Gasteiger charge is 2.21. The highest BCUT2D eigenvalue weighted by Crippen LogP contribution is 2.37. The lowest BCUT2D eigenvalue weighted by Crippen LogP contribution is -2.15. The summed E-state index contributed by atoms with van der Waals surface area (Å²) in [5, 5.41) is 10.2. The molecule has 2 rings (SSSR count). The van der Waals surface area contributed by atoms with Crippen molar-refractivity contribution >= 4 is 20.4 Å². The summed E-state index contributed by atoms with van der Waals surface area (Å²) in [4.78, 5) is 0. The predicted octanol–water partition coefficient (Wildman–Crippen LogP) is 4.29. The fourth-order valence-corrected chi connectivity index (χ4v) is 3.24. The monoisotopic (exact) mass is 294 g/mol. The number of fused-ring (bicyclic) bond motifs is 1. The molecule has 1 aliphatic carbocycles. The number of aliphatic hydroxyl groups is 1. The molecule has 0 bridgehead atoms. The Kier molecular flexibility index (Phi) is 4.41. The van der Waals surface area contributed by atoms with Gasteiger partial charge in [-0.05, 0) is 36.0 Å². The van der Waals surface area contributed by atoms with Crippen molar-refractivity contribution in [2.75, 3.05) is 0 Å². The number of aliphatic hydroxyl groups excluding tert-OH is 1. The summed E-state index contributed by atoms with van der Waals surface area (Å²) in [6.07, 6.45) is 4.85. The molecular formula is C15H19BrO. The van der Waals surface area contributed by atoms with Crippen LogP contribution in [-0.4, -0.2) is 11.2 Å². The molecule has 1 aromatic carbocycles. The van der Waals surface area contributed by atoms with Crippen molar-refractivity contribution < 1.29 is 5.11 Å². The number of halogens is 1. The first-order chi connectivity index (χ1) is 8.24. The maximum atomic E-state index is 10.2. The molecule has 1 unspecified atom stereocenters. The van der Waals surface area contributed by atoms with Gasteiger partial charge in [-0.25, -0.2) is 0 Å². The molecule has 0 radical (unpaired) electrons. The van der Waals surface area contributed by atoms with Gasteiger partial charge in [0, 0.05) is 4.48 Å². The van der Waals surface area contributed by atoms with E-state index in [0.717, 1.165) is 36.6 Å². The van der Waals surface area contributed by atoms with E-state index in [1.807, 2.05) is 0 Å². The Morgan fingerprint density at radius 3 is 2.82 bits per heavy atom. The van der Waals surface area contributed by atoms with Gasteiger partial charge in [-0.3, -0.25) is 0 Å². The van der Waals surface area contributed by atoms with Crippen LogP contribution in [0.3, 0.4) is 0 Å². The molecule has 0 saturated carbocycles. The Hall–Kier alpha value is -0.600. The number of unbranched alkanes of at least 4 members (excludes halogenated alkanes) is 1. The van der Waals surface area contributed by atoms with Crippen molar-refractivity contribution in [1.82, 2.24) is 0 Å². The number of hydrogen-bond donors (Lipinski definition) is 1. The maximum Gasteiger partial charge on any atom is 0.0764 e. The summed E-state index contributed by atoms with van der Waals surface area (Å²) in [6, 6.07) is 8.44. The van der Waals surface area contributed by atoms with E-state index in [2.05, 4.69) is 47.1 Å². The van der Waals surface area contributed by atoms with Gasteiger partial charge in [0.15, 0.2) is 0 Å². The lowest BCUT2D eigenvalue weighted by molar-refractivity contribution is 0.193. The van der Waals surface area contributed by atoms with Crippen LogP contribution in [0.4, 0.5) is 0 Å². The molecule has 17 heavy (non-hydrogen) atoms. The van der Waals surface area contributed by atoms with Crippen LogP contribution >= 0.6 is 15.9 Å². The first kappa shape index (κ1) is 12.8. The standard InChI is InChI=1S/C15H19BrO/c1-2-3-8-14(17)13-10-9-11-6-4-5-7-12(11)15(13)16/h4-7,14,17H,2-3,8-10H2,1H3. The van der Waals surface area contributed by atoms with Crippen molar-refractivity contribution in [1.29, 1.82) is 0 Å². The van der Waals surface area contributed by atoms with E-state index in [-0.39, 0.29) is 6.10 Å². The molecule has 0 fully saturated rings. The Bertz CT molecular complexity index is 423. The molecule has 0 spiro atoms. The zero-order valence-electron chi connectivity index (χ0n) is 10.2. The van der Waals surface area contributed by atoms with Crippen LogP contribution in [0.25, 0.3) is 4.48 Å². The van der Waals surface area contributed by atoms with Crippen LogP contribution in [0.15, 0.2) is 29.8 Å². The zero-order chi connectivity index (χ0) is 12.3. The molecule has 1 nitrogen and oxygen atoms in total. The summed E-state index contributed by atoms with van der Waals surface area (Å²) in [6.45, 7) is 2.16. The van der Waals surface area contributed by atoms with Crippen molar-refractivity contribution in [2.24, 2.45) is 0 Å². The highest BCUT2D eigenvalue weighted by molar-refractivity contribution is 9.15. The van der Waals surface area contributed by atoms with Crippen molar-refractivity contribution in [3.8, 4) is 0 Å². The van der Waals surface area contributed by atoms with E-state index in [4.69, 9.17) is 0 Å². The first-order valence-electron chi connectivity index (χ1n) is 6.39. The largest absolute Gasteiger partial charge is 0.389 e. The molecule has 0 aromatic heterocycles. The third-order valence-electron chi connectivity index (χ3n) is 3.43. The Morgan fingerprint density at radius 1 is 1.29 bits per heavy atom. The molecule has 0 saturated heterocycles. The van der Waals surface area contributed by atoms with Gasteiger partial charge in [0.25, 0.3) is 0 Å². The lowest BCUT2D eigenvalue weighted by Gasteiger charge is -2.23. The minimum Gasteiger partial charge on any atom is -0.389 e. The van der Waals surface area contributed by atoms with E-state index >= 15 is 0 Å². The van der Waals surface area contributed by atoms with Crippen molar-refractivity contribution in [3.63, 3.8) is 0 Å². The molecular weight excluding hydrogens is 276 g/mol. The topological polar surface area (TPSA) is 20.2 Å². The average molecular weight is 295 g/mol. The normalized spacial score (nSPS) is 16.9. The molecule has 1 atom stereocenters. The second-order valence-electron chi connectivity index (χ2n) is 4.65. The summed E-state index contributed by atoms with van der Waals surface area (Å²) < 4.78 is 1.11. The number of hydrogen-bond acceptors (Lipinski definition) is 1. The smallest absolute Gasteiger partial charge is 0.0764 e. The van der Waals surface area contributed by atoms with Crippen LogP contribution in [0, 0.1) is 0 Å². The fourth-order valence-electron chi connectivity index (χ4n) is 2.39. The Morgan fingerprint density at radius 2 is 2.06 bits per heavy atom. The summed E-state index contributed by atoms with van der Waals surface area (Å²) in [5.41, 5.74) is 3.81. The summed E-state index contributed by atoms with van der Waals surface area (Å²) in [7, 11) is 0. The second-order valence-corrected chi connectivity index (χ2v) is 5.45.